The minimum atomic E-state index is -0.611. The first-order valence-electron chi connectivity index (χ1n) is 7.45. The maximum atomic E-state index is 11.6. The van der Waals surface area contributed by atoms with Crippen LogP contribution in [0.25, 0.3) is 0 Å². The van der Waals surface area contributed by atoms with E-state index in [4.69, 9.17) is 4.74 Å². The quantitative estimate of drug-likeness (QED) is 0.671. The van der Waals surface area contributed by atoms with Gasteiger partial charge in [0, 0.05) is 13.2 Å². The molecular formula is C15H28O3. The van der Waals surface area contributed by atoms with Gasteiger partial charge in [0.25, 0.3) is 0 Å². The molecule has 0 aliphatic heterocycles. The van der Waals surface area contributed by atoms with Crippen LogP contribution in [0.3, 0.4) is 0 Å². The van der Waals surface area contributed by atoms with E-state index in [1.165, 1.54) is 6.42 Å². The Morgan fingerprint density at radius 1 is 1.39 bits per heavy atom. The largest absolute Gasteiger partial charge is 0.481 e. The molecule has 0 saturated heterocycles. The van der Waals surface area contributed by atoms with E-state index in [0.29, 0.717) is 18.9 Å². The second kappa shape index (κ2) is 7.78. The van der Waals surface area contributed by atoms with Gasteiger partial charge < -0.3 is 9.84 Å². The van der Waals surface area contributed by atoms with Gasteiger partial charge in [0.2, 0.25) is 0 Å². The normalized spacial score (nSPS) is 28.2. The van der Waals surface area contributed by atoms with Crippen LogP contribution in [0.2, 0.25) is 0 Å². The molecule has 3 heteroatoms. The second-order valence-corrected chi connectivity index (χ2v) is 5.67. The lowest BCUT2D eigenvalue weighted by Crippen LogP contribution is -2.37. The van der Waals surface area contributed by atoms with Gasteiger partial charge in [-0.1, -0.05) is 39.5 Å². The molecule has 1 rings (SSSR count). The van der Waals surface area contributed by atoms with Crippen molar-refractivity contribution in [3.05, 3.63) is 0 Å². The van der Waals surface area contributed by atoms with Crippen molar-refractivity contribution >= 4 is 5.97 Å². The first kappa shape index (κ1) is 15.5. The Balaban J connectivity index is 2.45. The molecule has 0 radical (unpaired) electrons. The standard InChI is InChI=1S/C15H28O3/c1-3-5-10-18-11-9-15(14(16)17)8-6-7-13(4-2)12-15/h13H,3-12H2,1-2H3,(H,16,17). The number of unbranched alkanes of at least 4 members (excludes halogenated alkanes) is 1. The van der Waals surface area contributed by atoms with Crippen molar-refractivity contribution < 1.29 is 14.6 Å². The van der Waals surface area contributed by atoms with Crippen molar-refractivity contribution in [3.63, 3.8) is 0 Å². The minimum absolute atomic E-state index is 0.509. The summed E-state index contributed by atoms with van der Waals surface area (Å²) in [6.07, 6.45) is 7.90. The van der Waals surface area contributed by atoms with E-state index in [9.17, 15) is 9.90 Å². The minimum Gasteiger partial charge on any atom is -0.481 e. The van der Waals surface area contributed by atoms with Crippen molar-refractivity contribution in [2.75, 3.05) is 13.2 Å². The van der Waals surface area contributed by atoms with Crippen LogP contribution in [0, 0.1) is 11.3 Å². The summed E-state index contributed by atoms with van der Waals surface area (Å²) in [5.41, 5.74) is -0.509. The molecule has 0 bridgehead atoms. The number of rotatable bonds is 8. The molecule has 3 nitrogen and oxygen atoms in total. The molecule has 1 aliphatic rings. The van der Waals surface area contributed by atoms with E-state index in [0.717, 1.165) is 45.1 Å². The second-order valence-electron chi connectivity index (χ2n) is 5.67. The van der Waals surface area contributed by atoms with Crippen LogP contribution in [0.5, 0.6) is 0 Å². The van der Waals surface area contributed by atoms with E-state index < -0.39 is 11.4 Å². The fourth-order valence-electron chi connectivity index (χ4n) is 2.98. The Morgan fingerprint density at radius 2 is 2.17 bits per heavy atom. The van der Waals surface area contributed by atoms with Crippen molar-refractivity contribution in [2.45, 2.75) is 65.2 Å². The fourth-order valence-corrected chi connectivity index (χ4v) is 2.98. The van der Waals surface area contributed by atoms with Crippen LogP contribution >= 0.6 is 0 Å². The molecule has 1 fully saturated rings. The van der Waals surface area contributed by atoms with Gasteiger partial charge in [0.1, 0.15) is 0 Å². The Hall–Kier alpha value is -0.570. The summed E-state index contributed by atoms with van der Waals surface area (Å²) >= 11 is 0. The lowest BCUT2D eigenvalue weighted by molar-refractivity contribution is -0.153. The van der Waals surface area contributed by atoms with Crippen LogP contribution in [0.1, 0.15) is 65.2 Å². The Labute approximate surface area is 111 Å². The Bertz CT molecular complexity index is 252. The van der Waals surface area contributed by atoms with E-state index in [2.05, 4.69) is 13.8 Å². The van der Waals surface area contributed by atoms with Crippen molar-refractivity contribution in [1.82, 2.24) is 0 Å². The molecular weight excluding hydrogens is 228 g/mol. The van der Waals surface area contributed by atoms with Gasteiger partial charge in [-0.3, -0.25) is 4.79 Å². The summed E-state index contributed by atoms with van der Waals surface area (Å²) in [6.45, 7) is 5.67. The van der Waals surface area contributed by atoms with Crippen LogP contribution < -0.4 is 0 Å². The van der Waals surface area contributed by atoms with Crippen LogP contribution in [0.4, 0.5) is 0 Å². The summed E-state index contributed by atoms with van der Waals surface area (Å²) in [7, 11) is 0. The van der Waals surface area contributed by atoms with E-state index in [1.807, 2.05) is 0 Å². The van der Waals surface area contributed by atoms with Crippen molar-refractivity contribution in [2.24, 2.45) is 11.3 Å². The zero-order chi connectivity index (χ0) is 13.4. The number of ether oxygens (including phenoxy) is 1. The molecule has 106 valence electrons. The number of hydrogen-bond acceptors (Lipinski definition) is 2. The van der Waals surface area contributed by atoms with Crippen molar-refractivity contribution in [1.29, 1.82) is 0 Å². The molecule has 2 atom stereocenters. The van der Waals surface area contributed by atoms with Crippen LogP contribution in [-0.2, 0) is 9.53 Å². The number of carboxylic acid groups (broad SMARTS) is 1. The number of aliphatic carboxylic acids is 1. The third kappa shape index (κ3) is 4.27. The SMILES string of the molecule is CCCCOCCC1(C(=O)O)CCCC(CC)C1. The average molecular weight is 256 g/mol. The van der Waals surface area contributed by atoms with Crippen LogP contribution in [-0.4, -0.2) is 24.3 Å². The molecule has 0 aromatic carbocycles. The highest BCUT2D eigenvalue weighted by atomic mass is 16.5. The van der Waals surface area contributed by atoms with Gasteiger partial charge in [0.05, 0.1) is 5.41 Å². The molecule has 18 heavy (non-hydrogen) atoms. The Morgan fingerprint density at radius 3 is 2.78 bits per heavy atom. The number of hydrogen-bond donors (Lipinski definition) is 1. The van der Waals surface area contributed by atoms with Gasteiger partial charge in [-0.25, -0.2) is 0 Å². The maximum Gasteiger partial charge on any atom is 0.309 e. The van der Waals surface area contributed by atoms with Gasteiger partial charge in [0.15, 0.2) is 0 Å². The van der Waals surface area contributed by atoms with Crippen LogP contribution in [0.15, 0.2) is 0 Å². The Kier molecular flexibility index (Phi) is 6.69. The molecule has 1 saturated carbocycles. The first-order valence-corrected chi connectivity index (χ1v) is 7.45. The fraction of sp³-hybridized carbons (Fsp3) is 0.933. The smallest absolute Gasteiger partial charge is 0.309 e. The summed E-state index contributed by atoms with van der Waals surface area (Å²) < 4.78 is 5.56. The lowest BCUT2D eigenvalue weighted by Gasteiger charge is -2.37. The molecule has 0 heterocycles. The van der Waals surface area contributed by atoms with E-state index >= 15 is 0 Å². The lowest BCUT2D eigenvalue weighted by atomic mass is 9.67. The molecule has 0 spiro atoms. The summed E-state index contributed by atoms with van der Waals surface area (Å²) in [5.74, 6) is -0.0229. The first-order chi connectivity index (χ1) is 8.64. The van der Waals surface area contributed by atoms with Gasteiger partial charge in [-0.15, -0.1) is 0 Å². The summed E-state index contributed by atoms with van der Waals surface area (Å²) in [4.78, 5) is 11.6. The third-order valence-corrected chi connectivity index (χ3v) is 4.35. The molecule has 0 amide bonds. The van der Waals surface area contributed by atoms with Gasteiger partial charge >= 0.3 is 5.97 Å². The van der Waals surface area contributed by atoms with Gasteiger partial charge in [-0.2, -0.15) is 0 Å². The zero-order valence-electron chi connectivity index (χ0n) is 11.9. The monoisotopic (exact) mass is 256 g/mol. The van der Waals surface area contributed by atoms with Crippen molar-refractivity contribution in [3.8, 4) is 0 Å². The maximum absolute atomic E-state index is 11.6. The molecule has 0 aromatic heterocycles. The summed E-state index contributed by atoms with van der Waals surface area (Å²) in [5, 5.41) is 9.55. The molecule has 0 aromatic rings. The molecule has 2 unspecified atom stereocenters. The highest BCUT2D eigenvalue weighted by molar-refractivity contribution is 5.74. The molecule has 1 aliphatic carbocycles. The number of carbonyl (C=O) groups is 1. The third-order valence-electron chi connectivity index (χ3n) is 4.35. The average Bonchev–Trinajstić information content (AvgIpc) is 2.38. The zero-order valence-corrected chi connectivity index (χ0v) is 11.9. The highest BCUT2D eigenvalue weighted by Crippen LogP contribution is 2.43. The van der Waals surface area contributed by atoms with E-state index in [-0.39, 0.29) is 0 Å². The van der Waals surface area contributed by atoms with E-state index in [1.54, 1.807) is 0 Å². The molecule has 1 N–H and O–H groups in total. The predicted octanol–water partition coefficient (Wildman–Crippen LogP) is 3.86. The highest BCUT2D eigenvalue weighted by Gasteiger charge is 2.41. The number of carboxylic acids is 1. The summed E-state index contributed by atoms with van der Waals surface area (Å²) in [6, 6.07) is 0. The predicted molar refractivity (Wildman–Crippen MR) is 72.7 cm³/mol. The topological polar surface area (TPSA) is 46.5 Å². The van der Waals surface area contributed by atoms with Gasteiger partial charge in [-0.05, 0) is 31.6 Å².